The Hall–Kier alpha value is -3.23. The molecule has 1 aromatic heterocycles. The van der Waals surface area contributed by atoms with E-state index < -0.39 is 12.2 Å². The minimum atomic E-state index is -0.664. The average Bonchev–Trinajstić information content (AvgIpc) is 2.55. The Morgan fingerprint density at radius 3 is 2.70 bits per heavy atom. The van der Waals surface area contributed by atoms with Crippen LogP contribution in [0.25, 0.3) is 6.08 Å². The first-order chi connectivity index (χ1) is 11.2. The number of nitrogens with zero attached hydrogens (tertiary/aromatic N) is 3. The standard InChI is InChI=1S/C14H17N5O4/c1-3-23-14(21)19-15-9-5-8-11-6-4-7-12(17-11)10-16-18-13(20)22-2/h4-10H,3H2,1-2H3,(H,18,20)(H,19,21)/b8-5+,15-9+,16-10+. The summed E-state index contributed by atoms with van der Waals surface area (Å²) < 4.78 is 9.00. The van der Waals surface area contributed by atoms with Crippen molar-refractivity contribution in [3.63, 3.8) is 0 Å². The van der Waals surface area contributed by atoms with Gasteiger partial charge in [0.25, 0.3) is 0 Å². The number of pyridine rings is 1. The van der Waals surface area contributed by atoms with Crippen LogP contribution in [0.5, 0.6) is 0 Å². The van der Waals surface area contributed by atoms with Crippen LogP contribution < -0.4 is 10.9 Å². The maximum absolute atomic E-state index is 11.0. The van der Waals surface area contributed by atoms with E-state index in [-0.39, 0.29) is 6.61 Å². The number of aromatic nitrogens is 1. The number of carbonyl (C=O) groups is 2. The second-order valence-corrected chi connectivity index (χ2v) is 3.82. The van der Waals surface area contributed by atoms with E-state index in [1.165, 1.54) is 19.5 Å². The largest absolute Gasteiger partial charge is 0.452 e. The molecule has 0 aliphatic heterocycles. The van der Waals surface area contributed by atoms with Gasteiger partial charge in [-0.15, -0.1) is 0 Å². The van der Waals surface area contributed by atoms with Crippen LogP contribution in [0, 0.1) is 0 Å². The maximum atomic E-state index is 11.0. The summed E-state index contributed by atoms with van der Waals surface area (Å²) in [5.41, 5.74) is 5.54. The predicted molar refractivity (Wildman–Crippen MR) is 85.1 cm³/mol. The molecule has 0 aromatic carbocycles. The molecule has 9 nitrogen and oxygen atoms in total. The zero-order valence-corrected chi connectivity index (χ0v) is 12.7. The molecule has 0 fully saturated rings. The van der Waals surface area contributed by atoms with Gasteiger partial charge in [0.15, 0.2) is 0 Å². The van der Waals surface area contributed by atoms with Crippen molar-refractivity contribution in [3.8, 4) is 0 Å². The highest BCUT2D eigenvalue weighted by atomic mass is 16.6. The third-order valence-corrected chi connectivity index (χ3v) is 2.19. The summed E-state index contributed by atoms with van der Waals surface area (Å²) in [6.07, 6.45) is 4.76. The Kier molecular flexibility index (Phi) is 8.13. The lowest BCUT2D eigenvalue weighted by molar-refractivity contribution is 0.152. The number of carbonyl (C=O) groups excluding carboxylic acids is 2. The summed E-state index contributed by atoms with van der Waals surface area (Å²) in [7, 11) is 1.24. The van der Waals surface area contributed by atoms with Gasteiger partial charge in [-0.3, -0.25) is 0 Å². The molecule has 0 atom stereocenters. The molecule has 23 heavy (non-hydrogen) atoms. The number of hydrogen-bond acceptors (Lipinski definition) is 7. The van der Waals surface area contributed by atoms with Crippen molar-refractivity contribution in [2.45, 2.75) is 6.92 Å². The van der Waals surface area contributed by atoms with Crippen LogP contribution in [-0.2, 0) is 9.47 Å². The monoisotopic (exact) mass is 319 g/mol. The Balaban J connectivity index is 2.53. The Morgan fingerprint density at radius 1 is 1.22 bits per heavy atom. The highest BCUT2D eigenvalue weighted by Gasteiger charge is 1.95. The number of methoxy groups -OCH3 is 1. The zero-order chi connectivity index (χ0) is 16.9. The van der Waals surface area contributed by atoms with Crippen molar-refractivity contribution in [3.05, 3.63) is 35.7 Å². The van der Waals surface area contributed by atoms with E-state index in [0.29, 0.717) is 11.4 Å². The van der Waals surface area contributed by atoms with E-state index in [0.717, 1.165) is 0 Å². The van der Waals surface area contributed by atoms with E-state index in [1.54, 1.807) is 37.3 Å². The summed E-state index contributed by atoms with van der Waals surface area (Å²) in [5, 5.41) is 7.33. The number of amides is 2. The third-order valence-electron chi connectivity index (χ3n) is 2.19. The molecule has 0 saturated carbocycles. The van der Waals surface area contributed by atoms with Gasteiger partial charge in [-0.2, -0.15) is 10.2 Å². The van der Waals surface area contributed by atoms with Gasteiger partial charge in [0.2, 0.25) is 0 Å². The molecule has 0 bridgehead atoms. The quantitative estimate of drug-likeness (QED) is 0.609. The molecule has 1 heterocycles. The molecule has 0 spiro atoms. The minimum absolute atomic E-state index is 0.278. The van der Waals surface area contributed by atoms with E-state index >= 15 is 0 Å². The summed E-state index contributed by atoms with van der Waals surface area (Å²) in [5.74, 6) is 0. The molecule has 0 unspecified atom stereocenters. The fourth-order valence-corrected chi connectivity index (χ4v) is 1.27. The van der Waals surface area contributed by atoms with Gasteiger partial charge in [-0.05, 0) is 31.2 Å². The molecule has 0 radical (unpaired) electrons. The highest BCUT2D eigenvalue weighted by molar-refractivity contribution is 5.81. The molecule has 122 valence electrons. The van der Waals surface area contributed by atoms with Crippen molar-refractivity contribution in [1.82, 2.24) is 15.8 Å². The van der Waals surface area contributed by atoms with Crippen LogP contribution >= 0.6 is 0 Å². The highest BCUT2D eigenvalue weighted by Crippen LogP contribution is 1.99. The van der Waals surface area contributed by atoms with Crippen LogP contribution in [0.2, 0.25) is 0 Å². The van der Waals surface area contributed by atoms with Gasteiger partial charge in [0, 0.05) is 6.21 Å². The lowest BCUT2D eigenvalue weighted by Gasteiger charge is -1.97. The number of allylic oxidation sites excluding steroid dienone is 1. The lowest BCUT2D eigenvalue weighted by atomic mass is 10.3. The SMILES string of the molecule is CCOC(=O)N/N=C/C=C/c1cccc(/C=N/NC(=O)OC)n1. The first kappa shape index (κ1) is 17.8. The Bertz CT molecular complexity index is 613. The van der Waals surface area contributed by atoms with Gasteiger partial charge >= 0.3 is 12.2 Å². The third kappa shape index (κ3) is 7.95. The predicted octanol–water partition coefficient (Wildman–Crippen LogP) is 1.52. The number of ether oxygens (including phenoxy) is 2. The Morgan fingerprint density at radius 2 is 1.96 bits per heavy atom. The normalized spacial score (nSPS) is 11.0. The summed E-state index contributed by atoms with van der Waals surface area (Å²) in [4.78, 5) is 26.0. The number of hydrazone groups is 2. The molecule has 9 heteroatoms. The summed E-state index contributed by atoms with van der Waals surface area (Å²) in [6, 6.07) is 5.27. The first-order valence-corrected chi connectivity index (χ1v) is 6.62. The molecular formula is C14H17N5O4. The average molecular weight is 319 g/mol. The second kappa shape index (κ2) is 10.5. The smallest absolute Gasteiger partial charge is 0.427 e. The zero-order valence-electron chi connectivity index (χ0n) is 12.7. The van der Waals surface area contributed by atoms with Crippen LogP contribution in [0.3, 0.4) is 0 Å². The topological polar surface area (TPSA) is 114 Å². The molecule has 1 aromatic rings. The first-order valence-electron chi connectivity index (χ1n) is 6.62. The lowest BCUT2D eigenvalue weighted by Crippen LogP contribution is -2.18. The molecular weight excluding hydrogens is 302 g/mol. The van der Waals surface area contributed by atoms with Gasteiger partial charge < -0.3 is 9.47 Å². The molecule has 0 aliphatic carbocycles. The fraction of sp³-hybridized carbons (Fsp3) is 0.214. The van der Waals surface area contributed by atoms with Gasteiger partial charge in [0.1, 0.15) is 0 Å². The second-order valence-electron chi connectivity index (χ2n) is 3.82. The van der Waals surface area contributed by atoms with Crippen molar-refractivity contribution in [2.75, 3.05) is 13.7 Å². The van der Waals surface area contributed by atoms with E-state index in [1.807, 2.05) is 0 Å². The van der Waals surface area contributed by atoms with Crippen molar-refractivity contribution >= 4 is 30.7 Å². The number of hydrogen-bond donors (Lipinski definition) is 2. The molecule has 2 amide bonds. The fourth-order valence-electron chi connectivity index (χ4n) is 1.27. The number of rotatable bonds is 6. The molecule has 0 saturated heterocycles. The van der Waals surface area contributed by atoms with E-state index in [9.17, 15) is 9.59 Å². The maximum Gasteiger partial charge on any atom is 0.427 e. The van der Waals surface area contributed by atoms with Crippen molar-refractivity contribution < 1.29 is 19.1 Å². The van der Waals surface area contributed by atoms with E-state index in [2.05, 4.69) is 35.5 Å². The van der Waals surface area contributed by atoms with Gasteiger partial charge in [-0.1, -0.05) is 6.07 Å². The van der Waals surface area contributed by atoms with Gasteiger partial charge in [0.05, 0.1) is 31.3 Å². The Labute approximate surface area is 133 Å². The van der Waals surface area contributed by atoms with Crippen LogP contribution in [0.4, 0.5) is 9.59 Å². The van der Waals surface area contributed by atoms with Crippen LogP contribution in [0.15, 0.2) is 34.5 Å². The van der Waals surface area contributed by atoms with Crippen LogP contribution in [0.1, 0.15) is 18.3 Å². The number of nitrogens with one attached hydrogen (secondary N) is 2. The van der Waals surface area contributed by atoms with Crippen LogP contribution in [-0.4, -0.2) is 43.3 Å². The molecule has 1 rings (SSSR count). The summed E-state index contributed by atoms with van der Waals surface area (Å²) in [6.45, 7) is 1.98. The van der Waals surface area contributed by atoms with Crippen molar-refractivity contribution in [1.29, 1.82) is 0 Å². The summed E-state index contributed by atoms with van der Waals surface area (Å²) >= 11 is 0. The van der Waals surface area contributed by atoms with Gasteiger partial charge in [-0.25, -0.2) is 25.4 Å². The minimum Gasteiger partial charge on any atom is -0.452 e. The molecule has 2 N–H and O–H groups in total. The van der Waals surface area contributed by atoms with E-state index in [4.69, 9.17) is 0 Å². The molecule has 0 aliphatic rings. The van der Waals surface area contributed by atoms with Crippen molar-refractivity contribution in [2.24, 2.45) is 10.2 Å².